The minimum atomic E-state index is -0.845. The number of hydrogen-bond acceptors (Lipinski definition) is 4. The number of hydrogen-bond donors (Lipinski definition) is 0. The fourth-order valence-electron chi connectivity index (χ4n) is 1.60. The van der Waals surface area contributed by atoms with Crippen molar-refractivity contribution in [3.8, 4) is 5.75 Å². The second kappa shape index (κ2) is 6.19. The average Bonchev–Trinajstić information content (AvgIpc) is 3.21. The molecule has 1 fully saturated rings. The van der Waals surface area contributed by atoms with Gasteiger partial charge in [0.25, 0.3) is 5.78 Å². The van der Waals surface area contributed by atoms with E-state index in [1.54, 1.807) is 25.1 Å². The summed E-state index contributed by atoms with van der Waals surface area (Å²) in [5, 5.41) is 0. The van der Waals surface area contributed by atoms with Crippen LogP contribution in [-0.4, -0.2) is 25.0 Å². The van der Waals surface area contributed by atoms with Gasteiger partial charge in [0.1, 0.15) is 5.75 Å². The second-order valence-corrected chi connectivity index (χ2v) is 5.21. The molecule has 0 spiro atoms. The van der Waals surface area contributed by atoms with Crippen molar-refractivity contribution in [2.45, 2.75) is 19.8 Å². The summed E-state index contributed by atoms with van der Waals surface area (Å²) in [7, 11) is 0. The van der Waals surface area contributed by atoms with Gasteiger partial charge in [0.05, 0.1) is 17.7 Å². The van der Waals surface area contributed by atoms with E-state index in [9.17, 15) is 9.59 Å². The summed E-state index contributed by atoms with van der Waals surface area (Å²) >= 11 is 3.32. The highest BCUT2D eigenvalue weighted by Crippen LogP contribution is 2.33. The molecule has 102 valence electrons. The minimum absolute atomic E-state index is 0.181. The molecule has 0 aliphatic heterocycles. The summed E-state index contributed by atoms with van der Waals surface area (Å²) in [6.07, 6.45) is 2.39. The summed E-state index contributed by atoms with van der Waals surface area (Å²) in [6, 6.07) is 5.04. The number of benzene rings is 1. The van der Waals surface area contributed by atoms with E-state index < -0.39 is 11.8 Å². The van der Waals surface area contributed by atoms with Gasteiger partial charge in [-0.1, -0.05) is 6.07 Å². The average molecular weight is 327 g/mol. The van der Waals surface area contributed by atoms with Crippen LogP contribution in [0.4, 0.5) is 0 Å². The van der Waals surface area contributed by atoms with Crippen LogP contribution in [0.1, 0.15) is 30.1 Å². The molecule has 0 atom stereocenters. The number of esters is 1. The van der Waals surface area contributed by atoms with E-state index in [0.717, 1.165) is 0 Å². The largest absolute Gasteiger partial charge is 0.492 e. The Labute approximate surface area is 120 Å². The molecule has 19 heavy (non-hydrogen) atoms. The summed E-state index contributed by atoms with van der Waals surface area (Å²) in [6.45, 7) is 2.49. The third-order valence-electron chi connectivity index (χ3n) is 2.84. The Balaban J connectivity index is 2.13. The lowest BCUT2D eigenvalue weighted by atomic mass is 10.1. The molecular weight excluding hydrogens is 312 g/mol. The van der Waals surface area contributed by atoms with Gasteiger partial charge in [0, 0.05) is 5.56 Å². The molecule has 0 bridgehead atoms. The van der Waals surface area contributed by atoms with Crippen LogP contribution in [0.15, 0.2) is 22.7 Å². The van der Waals surface area contributed by atoms with Crippen molar-refractivity contribution in [3.05, 3.63) is 28.2 Å². The van der Waals surface area contributed by atoms with E-state index in [-0.39, 0.29) is 12.2 Å². The van der Waals surface area contributed by atoms with Gasteiger partial charge in [-0.05, 0) is 53.7 Å². The molecule has 0 radical (unpaired) electrons. The number of carbonyl (C=O) groups is 2. The molecular formula is C14H15BrO4. The monoisotopic (exact) mass is 326 g/mol. The van der Waals surface area contributed by atoms with Gasteiger partial charge in [0.2, 0.25) is 0 Å². The lowest BCUT2D eigenvalue weighted by Gasteiger charge is -2.10. The Hall–Kier alpha value is -1.36. The molecule has 1 aromatic carbocycles. The standard InChI is InChI=1S/C14H15BrO4/c1-2-18-14(17)13(16)10-4-3-5-11(12(10)15)19-8-9-6-7-9/h3-5,9H,2,6-8H2,1H3. The maximum atomic E-state index is 11.9. The van der Waals surface area contributed by atoms with E-state index in [1.165, 1.54) is 12.8 Å². The second-order valence-electron chi connectivity index (χ2n) is 4.42. The Morgan fingerprint density at radius 1 is 1.37 bits per heavy atom. The summed E-state index contributed by atoms with van der Waals surface area (Å²) in [4.78, 5) is 23.3. The van der Waals surface area contributed by atoms with E-state index in [0.29, 0.717) is 22.7 Å². The van der Waals surface area contributed by atoms with Crippen LogP contribution in [0.2, 0.25) is 0 Å². The van der Waals surface area contributed by atoms with Crippen molar-refractivity contribution >= 4 is 27.7 Å². The van der Waals surface area contributed by atoms with E-state index >= 15 is 0 Å². The molecule has 0 unspecified atom stereocenters. The minimum Gasteiger partial charge on any atom is -0.492 e. The molecule has 4 nitrogen and oxygen atoms in total. The zero-order valence-corrected chi connectivity index (χ0v) is 12.2. The summed E-state index contributed by atoms with van der Waals surface area (Å²) in [5.74, 6) is -0.300. The summed E-state index contributed by atoms with van der Waals surface area (Å²) in [5.41, 5.74) is 0.270. The fourth-order valence-corrected chi connectivity index (χ4v) is 2.16. The molecule has 1 aromatic rings. The number of carbonyl (C=O) groups excluding carboxylic acids is 2. The van der Waals surface area contributed by atoms with Crippen LogP contribution < -0.4 is 4.74 Å². The number of ketones is 1. The van der Waals surface area contributed by atoms with Crippen LogP contribution in [0.5, 0.6) is 5.75 Å². The molecule has 0 heterocycles. The van der Waals surface area contributed by atoms with Crippen molar-refractivity contribution in [1.82, 2.24) is 0 Å². The number of halogens is 1. The fraction of sp³-hybridized carbons (Fsp3) is 0.429. The number of rotatable bonds is 6. The maximum Gasteiger partial charge on any atom is 0.379 e. The first kappa shape index (κ1) is 14.1. The first-order chi connectivity index (χ1) is 9.13. The molecule has 0 aromatic heterocycles. The molecule has 1 aliphatic carbocycles. The van der Waals surface area contributed by atoms with Crippen molar-refractivity contribution in [2.75, 3.05) is 13.2 Å². The Morgan fingerprint density at radius 3 is 2.74 bits per heavy atom. The highest BCUT2D eigenvalue weighted by Gasteiger charge is 2.24. The first-order valence-electron chi connectivity index (χ1n) is 6.26. The van der Waals surface area contributed by atoms with Crippen LogP contribution in [0.25, 0.3) is 0 Å². The lowest BCUT2D eigenvalue weighted by molar-refractivity contribution is -0.137. The SMILES string of the molecule is CCOC(=O)C(=O)c1cccc(OCC2CC2)c1Br. The first-order valence-corrected chi connectivity index (χ1v) is 7.05. The van der Waals surface area contributed by atoms with Crippen molar-refractivity contribution in [2.24, 2.45) is 5.92 Å². The highest BCUT2D eigenvalue weighted by atomic mass is 79.9. The predicted molar refractivity (Wildman–Crippen MR) is 73.3 cm³/mol. The van der Waals surface area contributed by atoms with Crippen molar-refractivity contribution < 1.29 is 19.1 Å². The van der Waals surface area contributed by atoms with E-state index in [4.69, 9.17) is 9.47 Å². The molecule has 1 saturated carbocycles. The molecule has 1 aliphatic rings. The predicted octanol–water partition coefficient (Wildman–Crippen LogP) is 2.98. The Bertz CT molecular complexity index is 494. The zero-order chi connectivity index (χ0) is 13.8. The Kier molecular flexibility index (Phi) is 4.58. The van der Waals surface area contributed by atoms with Gasteiger partial charge in [-0.15, -0.1) is 0 Å². The van der Waals surface area contributed by atoms with Crippen molar-refractivity contribution in [3.63, 3.8) is 0 Å². The molecule has 0 amide bonds. The normalized spacial score (nSPS) is 14.0. The van der Waals surface area contributed by atoms with Gasteiger partial charge in [0.15, 0.2) is 0 Å². The van der Waals surface area contributed by atoms with Crippen LogP contribution >= 0.6 is 15.9 Å². The smallest absolute Gasteiger partial charge is 0.379 e. The highest BCUT2D eigenvalue weighted by molar-refractivity contribution is 9.10. The van der Waals surface area contributed by atoms with Crippen LogP contribution in [-0.2, 0) is 9.53 Å². The van der Waals surface area contributed by atoms with Gasteiger partial charge < -0.3 is 9.47 Å². The molecule has 2 rings (SSSR count). The van der Waals surface area contributed by atoms with Gasteiger partial charge in [-0.2, -0.15) is 0 Å². The number of ether oxygens (including phenoxy) is 2. The topological polar surface area (TPSA) is 52.6 Å². The quantitative estimate of drug-likeness (QED) is 0.458. The van der Waals surface area contributed by atoms with Gasteiger partial charge in [-0.3, -0.25) is 4.79 Å². The third kappa shape index (κ3) is 3.56. The number of Topliss-reactive ketones (excluding diaryl/α,β-unsaturated/α-hetero) is 1. The van der Waals surface area contributed by atoms with Gasteiger partial charge >= 0.3 is 5.97 Å². The van der Waals surface area contributed by atoms with E-state index in [2.05, 4.69) is 15.9 Å². The van der Waals surface area contributed by atoms with E-state index in [1.807, 2.05) is 0 Å². The van der Waals surface area contributed by atoms with Crippen LogP contribution in [0.3, 0.4) is 0 Å². The summed E-state index contributed by atoms with van der Waals surface area (Å²) < 4.78 is 10.9. The van der Waals surface area contributed by atoms with Crippen molar-refractivity contribution in [1.29, 1.82) is 0 Å². The Morgan fingerprint density at radius 2 is 2.11 bits per heavy atom. The van der Waals surface area contributed by atoms with Gasteiger partial charge in [-0.25, -0.2) is 4.79 Å². The third-order valence-corrected chi connectivity index (χ3v) is 3.66. The molecule has 5 heteroatoms. The maximum absolute atomic E-state index is 11.9. The molecule has 0 N–H and O–H groups in total. The lowest BCUT2D eigenvalue weighted by Crippen LogP contribution is -2.18. The zero-order valence-electron chi connectivity index (χ0n) is 10.6. The van der Waals surface area contributed by atoms with Crippen LogP contribution in [0, 0.1) is 5.92 Å². The molecule has 0 saturated heterocycles.